The number of hydrogen-bond acceptors (Lipinski definition) is 4. The molecule has 2 N–H and O–H groups in total. The van der Waals surface area contributed by atoms with E-state index in [1.54, 1.807) is 0 Å². The largest absolute Gasteiger partial charge is 0.347 e. The van der Waals surface area contributed by atoms with Gasteiger partial charge in [0, 0.05) is 34.9 Å². The van der Waals surface area contributed by atoms with Gasteiger partial charge >= 0.3 is 0 Å². The molecule has 0 bridgehead atoms. The van der Waals surface area contributed by atoms with Gasteiger partial charge in [0.1, 0.15) is 0 Å². The van der Waals surface area contributed by atoms with Crippen molar-refractivity contribution in [1.29, 1.82) is 0 Å². The molecular formula is C14H25NO3S. The first-order chi connectivity index (χ1) is 9.20. The van der Waals surface area contributed by atoms with Crippen LogP contribution < -0.4 is 5.73 Å². The van der Waals surface area contributed by atoms with Crippen LogP contribution >= 0.6 is 0 Å². The Balaban J connectivity index is 1.68. The van der Waals surface area contributed by atoms with Crippen LogP contribution in [0.4, 0.5) is 0 Å². The fourth-order valence-corrected chi connectivity index (χ4v) is 5.88. The first kappa shape index (κ1) is 14.0. The van der Waals surface area contributed by atoms with E-state index in [-0.39, 0.29) is 11.3 Å². The summed E-state index contributed by atoms with van der Waals surface area (Å²) in [7, 11) is -0.830. The maximum Gasteiger partial charge on any atom is 0.169 e. The van der Waals surface area contributed by atoms with Gasteiger partial charge in [-0.15, -0.1) is 0 Å². The van der Waals surface area contributed by atoms with Crippen molar-refractivity contribution in [1.82, 2.24) is 0 Å². The van der Waals surface area contributed by atoms with Gasteiger partial charge in [0.2, 0.25) is 0 Å². The van der Waals surface area contributed by atoms with Gasteiger partial charge in [0.05, 0.1) is 18.5 Å². The summed E-state index contributed by atoms with van der Waals surface area (Å²) in [6, 6.07) is 0.0428. The van der Waals surface area contributed by atoms with Gasteiger partial charge in [-0.2, -0.15) is 0 Å². The molecule has 0 aromatic rings. The Morgan fingerprint density at radius 3 is 2.42 bits per heavy atom. The molecule has 3 aliphatic rings. The molecule has 4 nitrogen and oxygen atoms in total. The van der Waals surface area contributed by atoms with Crippen LogP contribution in [0, 0.1) is 0 Å². The maximum atomic E-state index is 12.8. The van der Waals surface area contributed by atoms with Crippen molar-refractivity contribution in [3.8, 4) is 0 Å². The fraction of sp³-hybridized carbons (Fsp3) is 1.00. The summed E-state index contributed by atoms with van der Waals surface area (Å²) in [6.45, 7) is 1.33. The smallest absolute Gasteiger partial charge is 0.169 e. The van der Waals surface area contributed by atoms with E-state index >= 15 is 0 Å². The molecule has 1 saturated heterocycles. The number of ether oxygens (including phenoxy) is 2. The Morgan fingerprint density at radius 1 is 1.05 bits per heavy atom. The summed E-state index contributed by atoms with van der Waals surface area (Å²) in [5.41, 5.74) is 6.23. The van der Waals surface area contributed by atoms with Gasteiger partial charge in [-0.25, -0.2) is 0 Å². The second-order valence-corrected chi connectivity index (χ2v) is 8.07. The highest BCUT2D eigenvalue weighted by atomic mass is 32.2. The number of rotatable bonds is 2. The summed E-state index contributed by atoms with van der Waals surface area (Å²) < 4.78 is 24.4. The van der Waals surface area contributed by atoms with Crippen LogP contribution in [-0.2, 0) is 20.3 Å². The molecule has 0 radical (unpaired) electrons. The van der Waals surface area contributed by atoms with Gasteiger partial charge in [0.15, 0.2) is 5.79 Å². The van der Waals surface area contributed by atoms with Crippen molar-refractivity contribution in [3.63, 3.8) is 0 Å². The zero-order chi connectivity index (χ0) is 13.3. The van der Waals surface area contributed by atoms with E-state index in [1.807, 2.05) is 0 Å². The predicted octanol–water partition coefficient (Wildman–Crippen LogP) is 1.69. The van der Waals surface area contributed by atoms with Crippen LogP contribution in [0.2, 0.25) is 0 Å². The lowest BCUT2D eigenvalue weighted by Gasteiger charge is -2.40. The Hall–Kier alpha value is 0.0300. The topological polar surface area (TPSA) is 61.6 Å². The molecule has 3 fully saturated rings. The molecule has 3 unspecified atom stereocenters. The lowest BCUT2D eigenvalue weighted by Crippen LogP contribution is -2.52. The lowest BCUT2D eigenvalue weighted by molar-refractivity contribution is -0.177. The van der Waals surface area contributed by atoms with Crippen LogP contribution in [-0.4, -0.2) is 39.8 Å². The third kappa shape index (κ3) is 2.89. The summed E-state index contributed by atoms with van der Waals surface area (Å²) in [5, 5.41) is 0.399. The van der Waals surface area contributed by atoms with Crippen LogP contribution in [0.1, 0.15) is 51.4 Å². The van der Waals surface area contributed by atoms with Gasteiger partial charge < -0.3 is 15.2 Å². The number of hydrogen-bond donors (Lipinski definition) is 1. The maximum absolute atomic E-state index is 12.8. The second kappa shape index (κ2) is 5.80. The van der Waals surface area contributed by atoms with Gasteiger partial charge in [-0.05, 0) is 19.3 Å². The zero-order valence-corrected chi connectivity index (χ0v) is 12.3. The molecule has 1 spiro atoms. The molecule has 1 heterocycles. The lowest BCUT2D eigenvalue weighted by atomic mass is 9.90. The van der Waals surface area contributed by atoms with Crippen LogP contribution in [0.3, 0.4) is 0 Å². The van der Waals surface area contributed by atoms with E-state index in [1.165, 1.54) is 19.3 Å². The van der Waals surface area contributed by atoms with E-state index < -0.39 is 16.6 Å². The van der Waals surface area contributed by atoms with E-state index in [4.69, 9.17) is 15.2 Å². The van der Waals surface area contributed by atoms with Crippen molar-refractivity contribution in [2.24, 2.45) is 5.73 Å². The van der Waals surface area contributed by atoms with Gasteiger partial charge in [0.25, 0.3) is 0 Å². The molecule has 5 heteroatoms. The molecule has 0 aromatic carbocycles. The molecular weight excluding hydrogens is 262 g/mol. The Morgan fingerprint density at radius 2 is 1.74 bits per heavy atom. The minimum absolute atomic E-state index is 0.0428. The van der Waals surface area contributed by atoms with Gasteiger partial charge in [-0.1, -0.05) is 19.3 Å². The molecule has 19 heavy (non-hydrogen) atoms. The van der Waals surface area contributed by atoms with E-state index in [2.05, 4.69) is 0 Å². The quantitative estimate of drug-likeness (QED) is 0.839. The SMILES string of the molecule is NC1CCC2(CC1S(=O)C1CCCCC1)OCCO2. The average molecular weight is 287 g/mol. The first-order valence-corrected chi connectivity index (χ1v) is 8.91. The Kier molecular flexibility index (Phi) is 4.27. The average Bonchev–Trinajstić information content (AvgIpc) is 2.90. The monoisotopic (exact) mass is 287 g/mol. The van der Waals surface area contributed by atoms with Crippen molar-refractivity contribution in [2.75, 3.05) is 13.2 Å². The third-order valence-electron chi connectivity index (χ3n) is 4.84. The van der Waals surface area contributed by atoms with Crippen molar-refractivity contribution in [3.05, 3.63) is 0 Å². The van der Waals surface area contributed by atoms with Crippen LogP contribution in [0.5, 0.6) is 0 Å². The Labute approximate surface area is 117 Å². The number of nitrogens with two attached hydrogens (primary N) is 1. The van der Waals surface area contributed by atoms with Crippen LogP contribution in [0.25, 0.3) is 0 Å². The van der Waals surface area contributed by atoms with Crippen molar-refractivity contribution >= 4 is 10.8 Å². The first-order valence-electron chi connectivity index (χ1n) is 7.63. The standard InChI is InChI=1S/C14H25NO3S/c15-12-6-7-14(17-8-9-18-14)10-13(12)19(16)11-4-2-1-3-5-11/h11-13H,1-10,15H2. The van der Waals surface area contributed by atoms with Crippen molar-refractivity contribution < 1.29 is 13.7 Å². The molecule has 110 valence electrons. The van der Waals surface area contributed by atoms with Crippen LogP contribution in [0.15, 0.2) is 0 Å². The molecule has 0 aromatic heterocycles. The minimum atomic E-state index is -0.830. The minimum Gasteiger partial charge on any atom is -0.347 e. The Bertz CT molecular complexity index is 338. The summed E-state index contributed by atoms with van der Waals surface area (Å²) in [5.74, 6) is -0.467. The summed E-state index contributed by atoms with van der Waals surface area (Å²) >= 11 is 0. The summed E-state index contributed by atoms with van der Waals surface area (Å²) in [6.07, 6.45) is 8.37. The fourth-order valence-electron chi connectivity index (χ4n) is 3.69. The van der Waals surface area contributed by atoms with E-state index in [0.29, 0.717) is 18.5 Å². The highest BCUT2D eigenvalue weighted by molar-refractivity contribution is 7.86. The molecule has 3 atom stereocenters. The van der Waals surface area contributed by atoms with E-state index in [0.717, 1.165) is 32.1 Å². The zero-order valence-electron chi connectivity index (χ0n) is 11.5. The third-order valence-corrected chi connectivity index (χ3v) is 7.08. The molecule has 0 amide bonds. The second-order valence-electron chi connectivity index (χ2n) is 6.14. The van der Waals surface area contributed by atoms with Gasteiger partial charge in [-0.3, -0.25) is 4.21 Å². The summed E-state index contributed by atoms with van der Waals surface area (Å²) in [4.78, 5) is 0. The molecule has 2 saturated carbocycles. The predicted molar refractivity (Wildman–Crippen MR) is 75.3 cm³/mol. The highest BCUT2D eigenvalue weighted by Gasteiger charge is 2.47. The molecule has 1 aliphatic heterocycles. The normalized spacial score (nSPS) is 37.5. The van der Waals surface area contributed by atoms with E-state index in [9.17, 15) is 4.21 Å². The van der Waals surface area contributed by atoms with Crippen molar-refractivity contribution in [2.45, 2.75) is 73.7 Å². The molecule has 2 aliphatic carbocycles. The molecule has 3 rings (SSSR count). The highest BCUT2D eigenvalue weighted by Crippen LogP contribution is 2.39.